The number of nitrogens with zero attached hydrogens (tertiary/aromatic N) is 1. The molecule has 0 bridgehead atoms. The van der Waals surface area contributed by atoms with E-state index in [4.69, 9.17) is 12.2 Å². The number of H-pyrrole nitrogens is 1. The molecule has 0 aromatic carbocycles. The first kappa shape index (κ1) is 13.2. The lowest BCUT2D eigenvalue weighted by atomic mass is 10.2. The van der Waals surface area contributed by atoms with E-state index in [2.05, 4.69) is 36.1 Å². The summed E-state index contributed by atoms with van der Waals surface area (Å²) >= 11 is 5.14. The van der Waals surface area contributed by atoms with Crippen molar-refractivity contribution < 1.29 is 0 Å². The molecular formula is C12H21N3S. The molecule has 1 aromatic rings. The maximum Gasteiger partial charge on any atom is 0.131 e. The van der Waals surface area contributed by atoms with Crippen molar-refractivity contribution in [3.8, 4) is 0 Å². The average Bonchev–Trinajstić information content (AvgIpc) is 2.23. The Kier molecular flexibility index (Phi) is 5.46. The molecule has 2 N–H and O–H groups in total. The monoisotopic (exact) mass is 239 g/mol. The molecule has 0 atom stereocenters. The second kappa shape index (κ2) is 6.63. The summed E-state index contributed by atoms with van der Waals surface area (Å²) in [7, 11) is 0. The Morgan fingerprint density at radius 2 is 2.19 bits per heavy atom. The van der Waals surface area contributed by atoms with Crippen LogP contribution in [-0.4, -0.2) is 16.5 Å². The summed E-state index contributed by atoms with van der Waals surface area (Å²) in [6.07, 6.45) is 3.69. The van der Waals surface area contributed by atoms with Crippen molar-refractivity contribution in [1.29, 1.82) is 0 Å². The molecule has 0 amide bonds. The molecule has 0 saturated heterocycles. The lowest BCUT2D eigenvalue weighted by Crippen LogP contribution is -2.06. The third-order valence-corrected chi connectivity index (χ3v) is 2.61. The maximum absolute atomic E-state index is 5.14. The molecule has 16 heavy (non-hydrogen) atoms. The molecule has 0 saturated carbocycles. The number of anilines is 1. The standard InChI is InChI=1S/C12H21N3S/c1-4-5-6-7-13-10-8-11(16)15-12(14-10)9(2)3/h8-9H,4-7H2,1-3H3,(H2,13,14,15,16). The van der Waals surface area contributed by atoms with Crippen molar-refractivity contribution >= 4 is 18.0 Å². The van der Waals surface area contributed by atoms with Gasteiger partial charge in [-0.3, -0.25) is 0 Å². The fourth-order valence-corrected chi connectivity index (χ4v) is 1.66. The molecule has 0 spiro atoms. The van der Waals surface area contributed by atoms with E-state index in [0.29, 0.717) is 10.6 Å². The van der Waals surface area contributed by atoms with Crippen LogP contribution in [0.1, 0.15) is 51.8 Å². The lowest BCUT2D eigenvalue weighted by Gasteiger charge is -2.10. The van der Waals surface area contributed by atoms with Crippen LogP contribution in [-0.2, 0) is 0 Å². The molecule has 90 valence electrons. The van der Waals surface area contributed by atoms with E-state index in [1.54, 1.807) is 0 Å². The third kappa shape index (κ3) is 4.31. The Hall–Kier alpha value is -0.900. The highest BCUT2D eigenvalue weighted by atomic mass is 32.1. The number of hydrogen-bond donors (Lipinski definition) is 2. The van der Waals surface area contributed by atoms with Crippen molar-refractivity contribution in [2.75, 3.05) is 11.9 Å². The van der Waals surface area contributed by atoms with Gasteiger partial charge in [0.05, 0.1) is 0 Å². The van der Waals surface area contributed by atoms with Crippen molar-refractivity contribution in [1.82, 2.24) is 9.97 Å². The van der Waals surface area contributed by atoms with E-state index in [-0.39, 0.29) is 0 Å². The normalized spacial score (nSPS) is 10.8. The summed E-state index contributed by atoms with van der Waals surface area (Å²) in [5.74, 6) is 2.31. The smallest absolute Gasteiger partial charge is 0.131 e. The van der Waals surface area contributed by atoms with Crippen LogP contribution in [0.4, 0.5) is 5.82 Å². The van der Waals surface area contributed by atoms with E-state index in [9.17, 15) is 0 Å². The number of aromatic amines is 1. The zero-order valence-corrected chi connectivity index (χ0v) is 11.2. The van der Waals surface area contributed by atoms with Gasteiger partial charge in [-0.2, -0.15) is 0 Å². The molecule has 1 rings (SSSR count). The number of aromatic nitrogens is 2. The van der Waals surface area contributed by atoms with E-state index in [1.807, 2.05) is 6.07 Å². The molecular weight excluding hydrogens is 218 g/mol. The van der Waals surface area contributed by atoms with Crippen LogP contribution in [0.5, 0.6) is 0 Å². The number of unbranched alkanes of at least 4 members (excludes halogenated alkanes) is 2. The van der Waals surface area contributed by atoms with Gasteiger partial charge in [0.1, 0.15) is 16.3 Å². The molecule has 3 nitrogen and oxygen atoms in total. The molecule has 1 aromatic heterocycles. The second-order valence-electron chi connectivity index (χ2n) is 4.31. The fourth-order valence-electron chi connectivity index (χ4n) is 1.44. The largest absolute Gasteiger partial charge is 0.372 e. The van der Waals surface area contributed by atoms with Gasteiger partial charge in [-0.05, 0) is 6.42 Å². The van der Waals surface area contributed by atoms with Crippen molar-refractivity contribution in [2.45, 2.75) is 46.0 Å². The van der Waals surface area contributed by atoms with Gasteiger partial charge in [0.25, 0.3) is 0 Å². The summed E-state index contributed by atoms with van der Waals surface area (Å²) < 4.78 is 0.653. The van der Waals surface area contributed by atoms with E-state index in [0.717, 1.165) is 18.2 Å². The Balaban J connectivity index is 2.62. The van der Waals surface area contributed by atoms with Crippen LogP contribution in [0.2, 0.25) is 0 Å². The van der Waals surface area contributed by atoms with Crippen LogP contribution in [0.3, 0.4) is 0 Å². The van der Waals surface area contributed by atoms with E-state index in [1.165, 1.54) is 19.3 Å². The van der Waals surface area contributed by atoms with Crippen LogP contribution >= 0.6 is 12.2 Å². The van der Waals surface area contributed by atoms with Gasteiger partial charge in [0, 0.05) is 18.5 Å². The van der Waals surface area contributed by atoms with Gasteiger partial charge in [-0.15, -0.1) is 0 Å². The fraction of sp³-hybridized carbons (Fsp3) is 0.667. The summed E-state index contributed by atoms with van der Waals surface area (Å²) in [5.41, 5.74) is 0. The third-order valence-electron chi connectivity index (χ3n) is 2.40. The van der Waals surface area contributed by atoms with Gasteiger partial charge >= 0.3 is 0 Å². The van der Waals surface area contributed by atoms with E-state index < -0.39 is 0 Å². The van der Waals surface area contributed by atoms with Gasteiger partial charge in [0.2, 0.25) is 0 Å². The van der Waals surface area contributed by atoms with Crippen LogP contribution in [0, 0.1) is 4.64 Å². The Bertz CT molecular complexity index is 371. The van der Waals surface area contributed by atoms with Crippen molar-refractivity contribution in [3.05, 3.63) is 16.5 Å². The predicted octanol–water partition coefficient (Wildman–Crippen LogP) is 3.86. The number of rotatable bonds is 6. The number of nitrogens with one attached hydrogen (secondary N) is 2. The minimum Gasteiger partial charge on any atom is -0.372 e. The lowest BCUT2D eigenvalue weighted by molar-refractivity contribution is 0.736. The Morgan fingerprint density at radius 3 is 2.81 bits per heavy atom. The maximum atomic E-state index is 5.14. The van der Waals surface area contributed by atoms with E-state index >= 15 is 0 Å². The number of hydrogen-bond acceptors (Lipinski definition) is 3. The Morgan fingerprint density at radius 1 is 1.44 bits per heavy atom. The quantitative estimate of drug-likeness (QED) is 0.585. The topological polar surface area (TPSA) is 40.7 Å². The summed E-state index contributed by atoms with van der Waals surface area (Å²) in [6, 6.07) is 1.88. The first-order chi connectivity index (χ1) is 7.63. The van der Waals surface area contributed by atoms with Crippen LogP contribution in [0.25, 0.3) is 0 Å². The predicted molar refractivity (Wildman–Crippen MR) is 71.5 cm³/mol. The summed E-state index contributed by atoms with van der Waals surface area (Å²) in [4.78, 5) is 7.57. The van der Waals surface area contributed by atoms with Gasteiger partial charge < -0.3 is 10.3 Å². The first-order valence-electron chi connectivity index (χ1n) is 5.98. The highest BCUT2D eigenvalue weighted by molar-refractivity contribution is 7.71. The highest BCUT2D eigenvalue weighted by Crippen LogP contribution is 2.12. The van der Waals surface area contributed by atoms with Gasteiger partial charge in [-0.1, -0.05) is 45.8 Å². The van der Waals surface area contributed by atoms with Crippen molar-refractivity contribution in [3.63, 3.8) is 0 Å². The summed E-state index contributed by atoms with van der Waals surface area (Å²) in [6.45, 7) is 7.40. The molecule has 0 aliphatic rings. The minimum absolute atomic E-state index is 0.374. The molecule has 0 fully saturated rings. The first-order valence-corrected chi connectivity index (χ1v) is 6.39. The second-order valence-corrected chi connectivity index (χ2v) is 4.73. The highest BCUT2D eigenvalue weighted by Gasteiger charge is 2.02. The average molecular weight is 239 g/mol. The van der Waals surface area contributed by atoms with Gasteiger partial charge in [0.15, 0.2) is 0 Å². The van der Waals surface area contributed by atoms with Crippen LogP contribution < -0.4 is 5.32 Å². The molecule has 0 unspecified atom stereocenters. The molecule has 0 aliphatic heterocycles. The zero-order valence-electron chi connectivity index (χ0n) is 10.3. The molecule has 0 radical (unpaired) electrons. The molecule has 0 aliphatic carbocycles. The minimum atomic E-state index is 0.374. The zero-order chi connectivity index (χ0) is 12.0. The summed E-state index contributed by atoms with van der Waals surface area (Å²) in [5, 5.41) is 3.35. The van der Waals surface area contributed by atoms with Gasteiger partial charge in [-0.25, -0.2) is 4.98 Å². The van der Waals surface area contributed by atoms with Crippen LogP contribution in [0.15, 0.2) is 6.07 Å². The molecule has 4 heteroatoms. The Labute approximate surface area is 103 Å². The van der Waals surface area contributed by atoms with Crippen molar-refractivity contribution in [2.24, 2.45) is 0 Å². The SMILES string of the molecule is CCCCCNc1cc(=S)nc(C(C)C)[nH]1. The molecule has 1 heterocycles.